The first-order valence-corrected chi connectivity index (χ1v) is 11.3. The van der Waals surface area contributed by atoms with E-state index >= 15 is 4.39 Å². The number of piperazine rings is 1. The Labute approximate surface area is 209 Å². The average Bonchev–Trinajstić information content (AvgIpc) is 3.51. The highest BCUT2D eigenvalue weighted by atomic mass is 32.1. The van der Waals surface area contributed by atoms with Crippen LogP contribution in [0.3, 0.4) is 0 Å². The van der Waals surface area contributed by atoms with Gasteiger partial charge in [-0.2, -0.15) is 10.4 Å². The molecule has 0 bridgehead atoms. The van der Waals surface area contributed by atoms with Gasteiger partial charge in [-0.25, -0.2) is 18.3 Å². The van der Waals surface area contributed by atoms with Crippen molar-refractivity contribution in [1.82, 2.24) is 19.9 Å². The Hall–Kier alpha value is -3.55. The number of hydrogen-bond donors (Lipinski definition) is 1. The van der Waals surface area contributed by atoms with E-state index in [4.69, 9.17) is 9.60 Å². The molecule has 3 aromatic heterocycles. The van der Waals surface area contributed by atoms with Gasteiger partial charge in [-0.15, -0.1) is 0 Å². The van der Waals surface area contributed by atoms with Crippen LogP contribution in [0, 0.1) is 23.0 Å². The summed E-state index contributed by atoms with van der Waals surface area (Å²) < 4.78 is 88.0. The quantitative estimate of drug-likeness (QED) is 0.452. The summed E-state index contributed by atoms with van der Waals surface area (Å²) in [6.45, 7) is 1.26. The largest absolute Gasteiger partial charge is 0.367 e. The molecule has 174 valence electrons. The molecule has 0 radical (unpaired) electrons. The summed E-state index contributed by atoms with van der Waals surface area (Å²) in [4.78, 5) is 6.88. The van der Waals surface area contributed by atoms with E-state index in [1.807, 2.05) is 11.0 Å². The second-order valence-electron chi connectivity index (χ2n) is 7.53. The lowest BCUT2D eigenvalue weighted by molar-refractivity contribution is 0.562. The van der Waals surface area contributed by atoms with Gasteiger partial charge in [-0.1, -0.05) is 18.3 Å². The zero-order valence-electron chi connectivity index (χ0n) is 25.0. The first kappa shape index (κ1) is 15.4. The van der Waals surface area contributed by atoms with Crippen LogP contribution >= 0.6 is 11.3 Å². The van der Waals surface area contributed by atoms with Crippen LogP contribution in [-0.4, -0.2) is 47.8 Å². The predicted molar refractivity (Wildman–Crippen MR) is 130 cm³/mol. The first-order valence-electron chi connectivity index (χ1n) is 14.0. The maximum atomic E-state index is 15.2. The highest BCUT2D eigenvalue weighted by molar-refractivity contribution is 7.16. The van der Waals surface area contributed by atoms with Crippen molar-refractivity contribution in [2.45, 2.75) is 13.3 Å². The van der Waals surface area contributed by atoms with Crippen LogP contribution in [0.4, 0.5) is 25.3 Å². The SMILES string of the molecule is [2H]c1c([2H])c(-c2nc(N(c3c(CC)nn4cc(F)c(N5CCNCC5)cc34)C([2H])([2H])[2H])sc2C#N)c([2H])c([2H])c1F. The summed E-state index contributed by atoms with van der Waals surface area (Å²) in [5.74, 6) is -1.88. The molecular weight excluding hydrogens is 456 g/mol. The third kappa shape index (κ3) is 3.87. The Balaban J connectivity index is 1.76. The molecule has 4 heterocycles. The number of aryl methyl sites for hydroxylation is 1. The number of benzene rings is 1. The van der Waals surface area contributed by atoms with Crippen molar-refractivity contribution in [3.63, 3.8) is 0 Å². The number of rotatable bonds is 5. The number of halogens is 2. The van der Waals surface area contributed by atoms with Crippen molar-refractivity contribution < 1.29 is 18.4 Å². The molecule has 10 heteroatoms. The molecule has 5 rings (SSSR count). The van der Waals surface area contributed by atoms with Crippen LogP contribution in [0.2, 0.25) is 0 Å². The number of hydrogen-bond acceptors (Lipinski definition) is 7. The molecule has 1 aliphatic heterocycles. The molecule has 1 aliphatic rings. The summed E-state index contributed by atoms with van der Waals surface area (Å²) in [5.41, 5.74) is 0.270. The van der Waals surface area contributed by atoms with E-state index in [1.54, 1.807) is 6.92 Å². The van der Waals surface area contributed by atoms with Gasteiger partial charge in [0, 0.05) is 42.8 Å². The molecule has 1 saturated heterocycles. The van der Waals surface area contributed by atoms with Crippen LogP contribution in [0.25, 0.3) is 16.8 Å². The molecular formula is C24H23F2N7S. The Kier molecular flexibility index (Phi) is 4.07. The highest BCUT2D eigenvalue weighted by Crippen LogP contribution is 2.39. The van der Waals surface area contributed by atoms with Gasteiger partial charge in [0.25, 0.3) is 0 Å². The Morgan fingerprint density at radius 1 is 1.29 bits per heavy atom. The van der Waals surface area contributed by atoms with Gasteiger partial charge in [-0.05, 0) is 36.7 Å². The molecule has 34 heavy (non-hydrogen) atoms. The topological polar surface area (TPSA) is 72.5 Å². The van der Waals surface area contributed by atoms with Crippen molar-refractivity contribution in [2.75, 3.05) is 43.0 Å². The van der Waals surface area contributed by atoms with Gasteiger partial charge < -0.3 is 15.1 Å². The summed E-state index contributed by atoms with van der Waals surface area (Å²) >= 11 is 0.665. The number of nitrogens with zero attached hydrogens (tertiary/aromatic N) is 6. The fourth-order valence-electron chi connectivity index (χ4n) is 3.88. The summed E-state index contributed by atoms with van der Waals surface area (Å²) in [5, 5.41) is 17.3. The van der Waals surface area contributed by atoms with E-state index in [1.165, 1.54) is 16.8 Å². The third-order valence-electron chi connectivity index (χ3n) is 5.50. The normalized spacial score (nSPS) is 17.2. The number of fused-ring (bicyclic) bond motifs is 1. The van der Waals surface area contributed by atoms with E-state index in [0.717, 1.165) is 4.90 Å². The second kappa shape index (κ2) is 9.00. The zero-order valence-corrected chi connectivity index (χ0v) is 18.9. The Morgan fingerprint density at radius 3 is 2.74 bits per heavy atom. The number of nitrogens with one attached hydrogen (secondary N) is 1. The fraction of sp³-hybridized carbons (Fsp3) is 0.292. The second-order valence-corrected chi connectivity index (χ2v) is 8.51. The molecule has 7 nitrogen and oxygen atoms in total. The number of aromatic nitrogens is 3. The molecule has 4 aromatic rings. The standard InChI is InChI=1S/C24H23F2N7S/c1-3-18-23(20-12-19(17(26)14-33(20)30-18)32-10-8-28-9-11-32)31(2)24-29-22(21(13-27)34-24)15-4-6-16(25)7-5-15/h4-7,12,14,28H,3,8-11H2,1-2H3/i2D3,4D,5D,6D,7D. The van der Waals surface area contributed by atoms with Crippen LogP contribution in [-0.2, 0) is 6.42 Å². The van der Waals surface area contributed by atoms with Crippen molar-refractivity contribution in [1.29, 1.82) is 5.26 Å². The summed E-state index contributed by atoms with van der Waals surface area (Å²) in [6, 6.07) is 0.0289. The monoisotopic (exact) mass is 486 g/mol. The predicted octanol–water partition coefficient (Wildman–Crippen LogP) is 4.35. The summed E-state index contributed by atoms with van der Waals surface area (Å²) in [6.07, 6.45) is 1.46. The molecule has 1 aromatic carbocycles. The minimum Gasteiger partial charge on any atom is -0.367 e. The van der Waals surface area contributed by atoms with Crippen molar-refractivity contribution in [3.05, 3.63) is 58.6 Å². The lowest BCUT2D eigenvalue weighted by Crippen LogP contribution is -2.43. The van der Waals surface area contributed by atoms with Gasteiger partial charge in [-0.3, -0.25) is 0 Å². The van der Waals surface area contributed by atoms with E-state index in [2.05, 4.69) is 15.4 Å². The van der Waals surface area contributed by atoms with Crippen molar-refractivity contribution in [2.24, 2.45) is 0 Å². The third-order valence-corrected chi connectivity index (χ3v) is 6.45. The molecule has 0 unspecified atom stereocenters. The van der Waals surface area contributed by atoms with Crippen LogP contribution in [0.5, 0.6) is 0 Å². The molecule has 0 atom stereocenters. The maximum Gasteiger partial charge on any atom is 0.191 e. The van der Waals surface area contributed by atoms with Crippen molar-refractivity contribution in [3.8, 4) is 17.3 Å². The smallest absolute Gasteiger partial charge is 0.191 e. The van der Waals surface area contributed by atoms with E-state index in [-0.39, 0.29) is 39.0 Å². The Bertz CT molecular complexity index is 1680. The van der Waals surface area contributed by atoms with Crippen LogP contribution in [0.15, 0.2) is 36.4 Å². The van der Waals surface area contributed by atoms with E-state index in [0.29, 0.717) is 43.2 Å². The van der Waals surface area contributed by atoms with Crippen LogP contribution < -0.4 is 15.1 Å². The minimum absolute atomic E-state index is 0.118. The van der Waals surface area contributed by atoms with E-state index in [9.17, 15) is 9.65 Å². The number of nitriles is 1. The molecule has 0 amide bonds. The number of anilines is 3. The molecule has 0 aliphatic carbocycles. The van der Waals surface area contributed by atoms with Gasteiger partial charge in [0.15, 0.2) is 10.9 Å². The van der Waals surface area contributed by atoms with Crippen LogP contribution in [0.1, 0.15) is 27.1 Å². The number of thiazole rings is 1. The first-order chi connectivity index (χ1) is 19.4. The van der Waals surface area contributed by atoms with Gasteiger partial charge >= 0.3 is 0 Å². The fourth-order valence-corrected chi connectivity index (χ4v) is 4.68. The van der Waals surface area contributed by atoms with Gasteiger partial charge in [0.05, 0.1) is 34.3 Å². The molecule has 1 fully saturated rings. The lowest BCUT2D eigenvalue weighted by Gasteiger charge is -2.29. The zero-order chi connectivity index (χ0) is 29.8. The Morgan fingerprint density at radius 2 is 2.06 bits per heavy atom. The molecule has 1 N–H and O–H groups in total. The molecule has 0 saturated carbocycles. The van der Waals surface area contributed by atoms with E-state index < -0.39 is 48.3 Å². The average molecular weight is 487 g/mol. The lowest BCUT2D eigenvalue weighted by atomic mass is 10.1. The maximum absolute atomic E-state index is 15.2. The highest BCUT2D eigenvalue weighted by Gasteiger charge is 2.24. The molecule has 0 spiro atoms. The summed E-state index contributed by atoms with van der Waals surface area (Å²) in [7, 11) is 0. The minimum atomic E-state index is -2.88. The number of pyridine rings is 1. The van der Waals surface area contributed by atoms with Gasteiger partial charge in [0.1, 0.15) is 22.5 Å². The van der Waals surface area contributed by atoms with Crippen molar-refractivity contribution >= 4 is 33.4 Å². The van der Waals surface area contributed by atoms with Gasteiger partial charge in [0.2, 0.25) is 0 Å².